The molecule has 4 N–H and O–H groups in total. The number of carbonyl (C=O) groups is 1. The summed E-state index contributed by atoms with van der Waals surface area (Å²) in [4.78, 5) is 12.0. The van der Waals surface area contributed by atoms with Gasteiger partial charge in [-0.05, 0) is 53.6 Å². The van der Waals surface area contributed by atoms with E-state index in [1.807, 2.05) is 74.5 Å². The predicted octanol–water partition coefficient (Wildman–Crippen LogP) is 4.37. The average Bonchev–Trinajstić information content (AvgIpc) is 2.86. The number of nitrogens with one attached hydrogen (secondary N) is 1. The van der Waals surface area contributed by atoms with Gasteiger partial charge in [-0.2, -0.15) is 0 Å². The summed E-state index contributed by atoms with van der Waals surface area (Å²) < 4.78 is 48.6. The number of hydrogen-bond acceptors (Lipinski definition) is 5. The molecule has 3 rings (SSSR count). The number of nitrogens with two attached hydrogens (primary N) is 1. The zero-order chi connectivity index (χ0) is 27.8. The summed E-state index contributed by atoms with van der Waals surface area (Å²) in [5.74, 6) is -0.228. The molecule has 7 nitrogen and oxygen atoms in total. The summed E-state index contributed by atoms with van der Waals surface area (Å²) in [6, 6.07) is 21.7. The van der Waals surface area contributed by atoms with Crippen molar-refractivity contribution in [1.29, 1.82) is 0 Å². The molecule has 38 heavy (non-hydrogen) atoms. The monoisotopic (exact) mass is 542 g/mol. The maximum atomic E-state index is 14.0. The Kier molecular flexibility index (Phi) is 10.0. The second kappa shape index (κ2) is 13.0. The molecule has 0 aliphatic rings. The number of carbonyl (C=O) groups excluding carboxylic acids is 1. The Morgan fingerprint density at radius 2 is 1.55 bits per heavy atom. The van der Waals surface area contributed by atoms with Crippen LogP contribution in [0.3, 0.4) is 0 Å². The van der Waals surface area contributed by atoms with Gasteiger partial charge in [0.1, 0.15) is 17.5 Å². The highest BCUT2D eigenvalue weighted by Crippen LogP contribution is 2.28. The Bertz CT molecular complexity index is 1260. The highest BCUT2D eigenvalue weighted by atomic mass is 32.2. The van der Waals surface area contributed by atoms with E-state index in [1.165, 1.54) is 12.1 Å². The third-order valence-corrected chi connectivity index (χ3v) is 7.90. The molecule has 0 fully saturated rings. The Morgan fingerprint density at radius 1 is 1.00 bits per heavy atom. The van der Waals surface area contributed by atoms with E-state index in [4.69, 9.17) is 10.5 Å². The van der Waals surface area contributed by atoms with Gasteiger partial charge in [-0.3, -0.25) is 0 Å². The molecule has 0 heterocycles. The topological polar surface area (TPSA) is 119 Å². The fourth-order valence-electron chi connectivity index (χ4n) is 4.42. The lowest BCUT2D eigenvalue weighted by Gasteiger charge is -2.37. The van der Waals surface area contributed by atoms with E-state index in [0.717, 1.165) is 17.2 Å². The van der Waals surface area contributed by atoms with Crippen LogP contribution in [0, 0.1) is 11.7 Å². The zero-order valence-corrected chi connectivity index (χ0v) is 22.5. The lowest BCUT2D eigenvalue weighted by molar-refractivity contribution is -0.0758. The molecule has 0 saturated carbocycles. The number of halogens is 1. The lowest BCUT2D eigenvalue weighted by atomic mass is 9.83. The van der Waals surface area contributed by atoms with Crippen molar-refractivity contribution >= 4 is 16.1 Å². The number of aliphatic hydroxyl groups excluding tert-OH is 1. The molecule has 204 valence electrons. The van der Waals surface area contributed by atoms with Crippen molar-refractivity contribution in [3.8, 4) is 0 Å². The SMILES string of the molecule is CC(C)CCc1cc(F)ccc1S(=O)(=O)NC[C@@H](O)C(Cc1ccccc1)(Cc1ccccc1)OC(N)=O. The number of aliphatic hydroxyl groups is 1. The summed E-state index contributed by atoms with van der Waals surface area (Å²) in [6.07, 6.45) is -1.32. The molecule has 0 spiro atoms. The first kappa shape index (κ1) is 29.3. The largest absolute Gasteiger partial charge is 0.440 e. The number of ether oxygens (including phenoxy) is 1. The fourth-order valence-corrected chi connectivity index (χ4v) is 5.71. The molecule has 3 aromatic rings. The maximum Gasteiger partial charge on any atom is 0.405 e. The molecule has 0 aromatic heterocycles. The van der Waals surface area contributed by atoms with E-state index in [0.29, 0.717) is 24.3 Å². The zero-order valence-electron chi connectivity index (χ0n) is 21.6. The quantitative estimate of drug-likeness (QED) is 0.296. The van der Waals surface area contributed by atoms with Crippen LogP contribution in [0.25, 0.3) is 0 Å². The summed E-state index contributed by atoms with van der Waals surface area (Å²) in [7, 11) is -4.13. The minimum atomic E-state index is -4.13. The highest BCUT2D eigenvalue weighted by molar-refractivity contribution is 7.89. The smallest absolute Gasteiger partial charge is 0.405 e. The lowest BCUT2D eigenvalue weighted by Crippen LogP contribution is -2.55. The van der Waals surface area contributed by atoms with Gasteiger partial charge in [0.15, 0.2) is 0 Å². The van der Waals surface area contributed by atoms with E-state index in [1.54, 1.807) is 0 Å². The predicted molar refractivity (Wildman–Crippen MR) is 144 cm³/mol. The van der Waals surface area contributed by atoms with Crippen LogP contribution in [-0.4, -0.2) is 37.9 Å². The summed E-state index contributed by atoms with van der Waals surface area (Å²) in [6.45, 7) is 3.54. The van der Waals surface area contributed by atoms with E-state index in [-0.39, 0.29) is 17.7 Å². The fraction of sp³-hybridized carbons (Fsp3) is 0.345. The van der Waals surface area contributed by atoms with E-state index in [9.17, 15) is 22.7 Å². The van der Waals surface area contributed by atoms with E-state index in [2.05, 4.69) is 4.72 Å². The molecule has 0 aliphatic heterocycles. The Hall–Kier alpha value is -3.27. The summed E-state index contributed by atoms with van der Waals surface area (Å²) >= 11 is 0. The minimum absolute atomic E-state index is 0.0562. The van der Waals surface area contributed by atoms with E-state index < -0.39 is 40.2 Å². The second-order valence-corrected chi connectivity index (χ2v) is 11.6. The van der Waals surface area contributed by atoms with Gasteiger partial charge in [0.25, 0.3) is 0 Å². The summed E-state index contributed by atoms with van der Waals surface area (Å²) in [5.41, 5.74) is 5.76. The van der Waals surface area contributed by atoms with Gasteiger partial charge in [0, 0.05) is 19.4 Å². The number of rotatable bonds is 13. The van der Waals surface area contributed by atoms with Gasteiger partial charge in [0.05, 0.1) is 4.90 Å². The van der Waals surface area contributed by atoms with Gasteiger partial charge >= 0.3 is 6.09 Å². The normalized spacial score (nSPS) is 12.9. The molecule has 0 saturated heterocycles. The van der Waals surface area contributed by atoms with Crippen molar-refractivity contribution in [2.45, 2.75) is 56.1 Å². The van der Waals surface area contributed by atoms with Gasteiger partial charge in [-0.1, -0.05) is 74.5 Å². The van der Waals surface area contributed by atoms with Crippen molar-refractivity contribution < 1.29 is 27.4 Å². The molecule has 0 aliphatic carbocycles. The van der Waals surface area contributed by atoms with Crippen LogP contribution in [0.4, 0.5) is 9.18 Å². The van der Waals surface area contributed by atoms with Crippen LogP contribution in [0.5, 0.6) is 0 Å². The van der Waals surface area contributed by atoms with Crippen molar-refractivity contribution in [2.75, 3.05) is 6.54 Å². The molecule has 9 heteroatoms. The molecule has 0 radical (unpaired) electrons. The molecular weight excluding hydrogens is 507 g/mol. The van der Waals surface area contributed by atoms with Crippen molar-refractivity contribution in [3.05, 3.63) is 101 Å². The van der Waals surface area contributed by atoms with Gasteiger partial charge in [0.2, 0.25) is 10.0 Å². The molecule has 0 bridgehead atoms. The third kappa shape index (κ3) is 8.11. The van der Waals surface area contributed by atoms with Crippen LogP contribution in [-0.2, 0) is 34.0 Å². The molecule has 0 unspecified atom stereocenters. The molecule has 3 aromatic carbocycles. The van der Waals surface area contributed by atoms with Crippen LogP contribution in [0.2, 0.25) is 0 Å². The standard InChI is InChI=1S/C29H35FN2O5S/c1-21(2)13-14-24-17-25(30)15-16-26(24)38(35,36)32-20-27(33)29(37-28(31)34,18-22-9-5-3-6-10-22)19-23-11-7-4-8-12-23/h3-12,15-17,21,27,32-33H,13-14,18-20H2,1-2H3,(H2,31,34)/t27-/m1/s1. The number of sulfonamides is 1. The van der Waals surface area contributed by atoms with E-state index >= 15 is 0 Å². The van der Waals surface area contributed by atoms with Crippen LogP contribution < -0.4 is 10.5 Å². The minimum Gasteiger partial charge on any atom is -0.440 e. The maximum absolute atomic E-state index is 14.0. The number of hydrogen-bond donors (Lipinski definition) is 3. The number of benzene rings is 3. The second-order valence-electron chi connectivity index (χ2n) is 9.86. The molecule has 1 atom stereocenters. The van der Waals surface area contributed by atoms with Crippen LogP contribution >= 0.6 is 0 Å². The first-order chi connectivity index (χ1) is 18.0. The molecular formula is C29H35FN2O5S. The van der Waals surface area contributed by atoms with Gasteiger partial charge < -0.3 is 15.6 Å². The first-order valence-corrected chi connectivity index (χ1v) is 14.0. The van der Waals surface area contributed by atoms with Crippen molar-refractivity contribution in [2.24, 2.45) is 11.7 Å². The first-order valence-electron chi connectivity index (χ1n) is 12.5. The Balaban J connectivity index is 1.92. The highest BCUT2D eigenvalue weighted by Gasteiger charge is 2.42. The third-order valence-electron chi connectivity index (χ3n) is 6.37. The Labute approximate surface area is 223 Å². The number of aryl methyl sites for hydroxylation is 1. The Morgan fingerprint density at radius 3 is 2.05 bits per heavy atom. The van der Waals surface area contributed by atoms with Crippen molar-refractivity contribution in [1.82, 2.24) is 4.72 Å². The molecule has 1 amide bonds. The van der Waals surface area contributed by atoms with Crippen molar-refractivity contribution in [3.63, 3.8) is 0 Å². The average molecular weight is 543 g/mol. The van der Waals surface area contributed by atoms with Gasteiger partial charge in [-0.15, -0.1) is 0 Å². The van der Waals surface area contributed by atoms with Crippen LogP contribution in [0.15, 0.2) is 83.8 Å². The van der Waals surface area contributed by atoms with Crippen LogP contribution in [0.1, 0.15) is 37.0 Å². The number of amides is 1. The van der Waals surface area contributed by atoms with Gasteiger partial charge in [-0.25, -0.2) is 22.3 Å². The number of primary amides is 1. The summed E-state index contributed by atoms with van der Waals surface area (Å²) in [5, 5.41) is 11.4.